The number of hydrogen-bond acceptors (Lipinski definition) is 2. The van der Waals surface area contributed by atoms with Crippen LogP contribution in [0.1, 0.15) is 24.5 Å². The number of nitrogens with zero attached hydrogens (tertiary/aromatic N) is 2. The number of rotatable bonds is 2. The predicted octanol–water partition coefficient (Wildman–Crippen LogP) is 3.13. The second kappa shape index (κ2) is 5.31. The largest absolute Gasteiger partial charge is 0.317 e. The van der Waals surface area contributed by atoms with Gasteiger partial charge in [-0.05, 0) is 44.1 Å². The first-order valence-corrected chi connectivity index (χ1v) is 6.81. The number of halogens is 2. The summed E-state index contributed by atoms with van der Waals surface area (Å²) in [5.41, 5.74) is 1.86. The van der Waals surface area contributed by atoms with Gasteiger partial charge in [0.2, 0.25) is 0 Å². The maximum Gasteiger partial charge on any atom is 0.126 e. The molecule has 3 nitrogen and oxygen atoms in total. The molecule has 1 aliphatic heterocycles. The van der Waals surface area contributed by atoms with Gasteiger partial charge in [-0.2, -0.15) is 0 Å². The molecule has 0 amide bonds. The van der Waals surface area contributed by atoms with E-state index >= 15 is 0 Å². The molecule has 3 rings (SSSR count). The summed E-state index contributed by atoms with van der Waals surface area (Å²) < 4.78 is 15.4. The monoisotopic (exact) mass is 279 g/mol. The molecule has 0 saturated carbocycles. The number of nitrogens with one attached hydrogen (secondary N) is 1. The highest BCUT2D eigenvalue weighted by Gasteiger charge is 2.19. The topological polar surface area (TPSA) is 29.9 Å². The summed E-state index contributed by atoms with van der Waals surface area (Å²) in [6, 6.07) is 4.56. The zero-order chi connectivity index (χ0) is 13.2. The van der Waals surface area contributed by atoms with E-state index in [0.717, 1.165) is 37.3 Å². The van der Waals surface area contributed by atoms with E-state index in [1.54, 1.807) is 12.4 Å². The second-order valence-electron chi connectivity index (χ2n) is 4.84. The second-order valence-corrected chi connectivity index (χ2v) is 5.28. The van der Waals surface area contributed by atoms with Crippen molar-refractivity contribution in [1.29, 1.82) is 0 Å². The summed E-state index contributed by atoms with van der Waals surface area (Å²) in [7, 11) is 0. The molecule has 5 heteroatoms. The van der Waals surface area contributed by atoms with E-state index in [1.807, 2.05) is 10.8 Å². The van der Waals surface area contributed by atoms with E-state index in [4.69, 9.17) is 11.6 Å². The van der Waals surface area contributed by atoms with Crippen LogP contribution in [0.4, 0.5) is 4.39 Å². The first-order valence-electron chi connectivity index (χ1n) is 6.43. The molecule has 1 aliphatic rings. The van der Waals surface area contributed by atoms with Crippen LogP contribution in [0.25, 0.3) is 5.69 Å². The van der Waals surface area contributed by atoms with Crippen LogP contribution in [-0.2, 0) is 0 Å². The SMILES string of the molecule is Fc1cc(Cl)cc(-n2cncc2C2CCNCC2)c1. The van der Waals surface area contributed by atoms with Crippen molar-refractivity contribution in [3.05, 3.63) is 47.3 Å². The smallest absolute Gasteiger partial charge is 0.126 e. The maximum atomic E-state index is 13.5. The zero-order valence-corrected chi connectivity index (χ0v) is 11.2. The van der Waals surface area contributed by atoms with Crippen molar-refractivity contribution in [3.8, 4) is 5.69 Å². The van der Waals surface area contributed by atoms with E-state index in [9.17, 15) is 4.39 Å². The van der Waals surface area contributed by atoms with E-state index in [2.05, 4.69) is 10.3 Å². The molecule has 1 N–H and O–H groups in total. The molecule has 1 saturated heterocycles. The van der Waals surface area contributed by atoms with Crippen LogP contribution in [0, 0.1) is 5.82 Å². The van der Waals surface area contributed by atoms with E-state index < -0.39 is 0 Å². The molecule has 0 radical (unpaired) electrons. The Bertz CT molecular complexity index is 556. The Kier molecular flexibility index (Phi) is 3.53. The lowest BCUT2D eigenvalue weighted by atomic mass is 9.95. The average Bonchev–Trinajstić information content (AvgIpc) is 2.88. The molecule has 0 bridgehead atoms. The van der Waals surface area contributed by atoms with E-state index in [1.165, 1.54) is 12.1 Å². The van der Waals surface area contributed by atoms with Crippen molar-refractivity contribution >= 4 is 11.6 Å². The molecule has 2 heterocycles. The van der Waals surface area contributed by atoms with Gasteiger partial charge in [0.1, 0.15) is 5.82 Å². The number of aromatic nitrogens is 2. The molecule has 1 fully saturated rings. The Balaban J connectivity index is 1.98. The Morgan fingerprint density at radius 1 is 1.26 bits per heavy atom. The molecule has 2 aromatic rings. The van der Waals surface area contributed by atoms with Gasteiger partial charge in [-0.1, -0.05) is 11.6 Å². The van der Waals surface area contributed by atoms with Gasteiger partial charge in [0.05, 0.1) is 12.0 Å². The van der Waals surface area contributed by atoms with Gasteiger partial charge in [0, 0.05) is 22.8 Å². The third-order valence-electron chi connectivity index (χ3n) is 3.55. The van der Waals surface area contributed by atoms with Gasteiger partial charge in [0.15, 0.2) is 0 Å². The summed E-state index contributed by atoms with van der Waals surface area (Å²) in [6.45, 7) is 2.03. The van der Waals surface area contributed by atoms with Gasteiger partial charge in [-0.3, -0.25) is 0 Å². The first-order chi connectivity index (χ1) is 9.24. The molecule has 100 valence electrons. The van der Waals surface area contributed by atoms with Gasteiger partial charge in [0.25, 0.3) is 0 Å². The maximum absolute atomic E-state index is 13.5. The lowest BCUT2D eigenvalue weighted by Gasteiger charge is -2.23. The van der Waals surface area contributed by atoms with Crippen LogP contribution in [-0.4, -0.2) is 22.6 Å². The van der Waals surface area contributed by atoms with Crippen LogP contribution in [0.5, 0.6) is 0 Å². The molecule has 0 unspecified atom stereocenters. The number of imidazole rings is 1. The summed E-state index contributed by atoms with van der Waals surface area (Å²) in [4.78, 5) is 4.21. The fourth-order valence-corrected chi connectivity index (χ4v) is 2.84. The normalized spacial score (nSPS) is 16.7. The van der Waals surface area contributed by atoms with Crippen molar-refractivity contribution in [2.24, 2.45) is 0 Å². The molecule has 19 heavy (non-hydrogen) atoms. The predicted molar refractivity (Wildman–Crippen MR) is 73.4 cm³/mol. The molecular weight excluding hydrogens is 265 g/mol. The number of hydrogen-bond donors (Lipinski definition) is 1. The van der Waals surface area contributed by atoms with Crippen molar-refractivity contribution < 1.29 is 4.39 Å². The number of benzene rings is 1. The molecule has 0 aliphatic carbocycles. The lowest BCUT2D eigenvalue weighted by molar-refractivity contribution is 0.449. The Labute approximate surface area is 116 Å². The van der Waals surface area contributed by atoms with Gasteiger partial charge >= 0.3 is 0 Å². The minimum absolute atomic E-state index is 0.326. The molecule has 1 aromatic carbocycles. The fourth-order valence-electron chi connectivity index (χ4n) is 2.62. The third kappa shape index (κ3) is 2.65. The highest BCUT2D eigenvalue weighted by Crippen LogP contribution is 2.28. The third-order valence-corrected chi connectivity index (χ3v) is 3.77. The van der Waals surface area contributed by atoms with Crippen LogP contribution >= 0.6 is 11.6 Å². The minimum atomic E-state index is -0.326. The fraction of sp³-hybridized carbons (Fsp3) is 0.357. The van der Waals surface area contributed by atoms with Crippen LogP contribution < -0.4 is 5.32 Å². The highest BCUT2D eigenvalue weighted by atomic mass is 35.5. The van der Waals surface area contributed by atoms with E-state index in [-0.39, 0.29) is 5.82 Å². The van der Waals surface area contributed by atoms with Gasteiger partial charge < -0.3 is 9.88 Å². The van der Waals surface area contributed by atoms with Crippen molar-refractivity contribution in [1.82, 2.24) is 14.9 Å². The molecule has 0 atom stereocenters. The Morgan fingerprint density at radius 3 is 2.79 bits per heavy atom. The molecular formula is C14H15ClFN3. The van der Waals surface area contributed by atoms with Crippen LogP contribution in [0.15, 0.2) is 30.7 Å². The number of piperidine rings is 1. The quantitative estimate of drug-likeness (QED) is 0.915. The summed E-state index contributed by atoms with van der Waals surface area (Å²) >= 11 is 5.92. The minimum Gasteiger partial charge on any atom is -0.317 e. The Hall–Kier alpha value is -1.39. The van der Waals surface area contributed by atoms with Crippen molar-refractivity contribution in [3.63, 3.8) is 0 Å². The van der Waals surface area contributed by atoms with Crippen molar-refractivity contribution in [2.45, 2.75) is 18.8 Å². The molecule has 0 spiro atoms. The summed E-state index contributed by atoms with van der Waals surface area (Å²) in [6.07, 6.45) is 5.75. The Morgan fingerprint density at radius 2 is 2.05 bits per heavy atom. The summed E-state index contributed by atoms with van der Waals surface area (Å²) in [5.74, 6) is 0.137. The van der Waals surface area contributed by atoms with Gasteiger partial charge in [-0.15, -0.1) is 0 Å². The molecule has 1 aromatic heterocycles. The van der Waals surface area contributed by atoms with E-state index in [0.29, 0.717) is 10.9 Å². The van der Waals surface area contributed by atoms with Crippen LogP contribution in [0.2, 0.25) is 5.02 Å². The lowest BCUT2D eigenvalue weighted by Crippen LogP contribution is -2.27. The standard InChI is InChI=1S/C14H15ClFN3/c15-11-5-12(16)7-13(6-11)19-9-18-8-14(19)10-1-3-17-4-2-10/h5-10,17H,1-4H2. The summed E-state index contributed by atoms with van der Waals surface area (Å²) in [5, 5.41) is 3.75. The van der Waals surface area contributed by atoms with Crippen LogP contribution in [0.3, 0.4) is 0 Å². The van der Waals surface area contributed by atoms with Gasteiger partial charge in [-0.25, -0.2) is 9.37 Å². The first kappa shape index (κ1) is 12.6. The zero-order valence-electron chi connectivity index (χ0n) is 10.4. The van der Waals surface area contributed by atoms with Crippen molar-refractivity contribution in [2.75, 3.05) is 13.1 Å². The average molecular weight is 280 g/mol. The highest BCUT2D eigenvalue weighted by molar-refractivity contribution is 6.30.